The molecule has 90 valence electrons. The monoisotopic (exact) mass is 245 g/mol. The number of nitrogens with one attached hydrogen (secondary N) is 1. The Labute approximate surface area is 101 Å². The van der Waals surface area contributed by atoms with Gasteiger partial charge < -0.3 is 4.74 Å². The van der Waals surface area contributed by atoms with Gasteiger partial charge in [-0.1, -0.05) is 6.07 Å². The van der Waals surface area contributed by atoms with Gasteiger partial charge in [-0.15, -0.1) is 0 Å². The van der Waals surface area contributed by atoms with Crippen molar-refractivity contribution in [1.82, 2.24) is 10.2 Å². The van der Waals surface area contributed by atoms with E-state index in [1.165, 1.54) is 19.2 Å². The Bertz CT molecular complexity index is 693. The number of carbonyl (C=O) groups is 1. The molecule has 1 aromatic carbocycles. The van der Waals surface area contributed by atoms with Crippen LogP contribution in [0.2, 0.25) is 0 Å². The molecule has 18 heavy (non-hydrogen) atoms. The number of nitro groups is 1. The lowest BCUT2D eigenvalue weighted by Crippen LogP contribution is -1.94. The van der Waals surface area contributed by atoms with Crippen LogP contribution in [0.4, 0.5) is 5.69 Å². The number of hydrogen-bond acceptors (Lipinski definition) is 5. The molecule has 1 heterocycles. The van der Waals surface area contributed by atoms with Gasteiger partial charge in [0, 0.05) is 17.4 Å². The summed E-state index contributed by atoms with van der Waals surface area (Å²) in [5.74, 6) is 4.05. The number of hydrogen-bond donors (Lipinski definition) is 1. The van der Waals surface area contributed by atoms with E-state index in [1.807, 2.05) is 0 Å². The number of aromatic amines is 1. The fourth-order valence-electron chi connectivity index (χ4n) is 1.43. The maximum atomic E-state index is 10.9. The van der Waals surface area contributed by atoms with Crippen LogP contribution in [-0.4, -0.2) is 28.2 Å². The zero-order chi connectivity index (χ0) is 13.1. The van der Waals surface area contributed by atoms with Gasteiger partial charge in [0.25, 0.3) is 5.69 Å². The van der Waals surface area contributed by atoms with E-state index >= 15 is 0 Å². The SMILES string of the molecule is COC(=O)C#Cc1[nH]nc2c([N+](=O)[O-])cccc12. The number of H-pyrrole nitrogens is 1. The second-order valence-corrected chi connectivity index (χ2v) is 3.27. The van der Waals surface area contributed by atoms with Gasteiger partial charge in [-0.05, 0) is 12.0 Å². The molecule has 0 aliphatic heterocycles. The number of methoxy groups -OCH3 is 1. The average Bonchev–Trinajstić information content (AvgIpc) is 2.78. The van der Waals surface area contributed by atoms with Crippen LogP contribution in [0.15, 0.2) is 18.2 Å². The third-order valence-corrected chi connectivity index (χ3v) is 2.24. The molecule has 0 saturated heterocycles. The van der Waals surface area contributed by atoms with Crippen molar-refractivity contribution in [2.45, 2.75) is 0 Å². The van der Waals surface area contributed by atoms with E-state index in [-0.39, 0.29) is 11.2 Å². The number of carbonyl (C=O) groups excluding carboxylic acids is 1. The minimum Gasteiger partial charge on any atom is -0.459 e. The molecule has 0 amide bonds. The molecule has 1 aromatic heterocycles. The molecule has 1 N–H and O–H groups in total. The van der Waals surface area contributed by atoms with Crippen LogP contribution in [-0.2, 0) is 9.53 Å². The number of ether oxygens (including phenoxy) is 1. The number of aromatic nitrogens is 2. The van der Waals surface area contributed by atoms with Crippen molar-refractivity contribution in [2.75, 3.05) is 7.11 Å². The maximum Gasteiger partial charge on any atom is 0.384 e. The molecule has 0 fully saturated rings. The third-order valence-electron chi connectivity index (χ3n) is 2.24. The van der Waals surface area contributed by atoms with Gasteiger partial charge >= 0.3 is 5.97 Å². The topological polar surface area (TPSA) is 98.1 Å². The van der Waals surface area contributed by atoms with E-state index in [1.54, 1.807) is 6.07 Å². The molecule has 2 rings (SSSR count). The Morgan fingerprint density at radius 1 is 1.56 bits per heavy atom. The van der Waals surface area contributed by atoms with Gasteiger partial charge in [0.15, 0.2) is 5.52 Å². The van der Waals surface area contributed by atoms with E-state index in [0.29, 0.717) is 11.1 Å². The summed E-state index contributed by atoms with van der Waals surface area (Å²) in [6.45, 7) is 0. The van der Waals surface area contributed by atoms with Crippen molar-refractivity contribution in [2.24, 2.45) is 0 Å². The minimum atomic E-state index is -0.691. The summed E-state index contributed by atoms with van der Waals surface area (Å²) in [7, 11) is 1.22. The average molecular weight is 245 g/mol. The minimum absolute atomic E-state index is 0.116. The van der Waals surface area contributed by atoms with Gasteiger partial charge in [-0.25, -0.2) is 4.79 Å². The first kappa shape index (κ1) is 11.6. The van der Waals surface area contributed by atoms with Crippen molar-refractivity contribution in [3.05, 3.63) is 34.0 Å². The maximum absolute atomic E-state index is 10.9. The Kier molecular flexibility index (Phi) is 2.93. The van der Waals surface area contributed by atoms with Gasteiger partial charge in [0.2, 0.25) is 0 Å². The molecule has 0 aliphatic carbocycles. The second-order valence-electron chi connectivity index (χ2n) is 3.27. The zero-order valence-electron chi connectivity index (χ0n) is 9.26. The summed E-state index contributed by atoms with van der Waals surface area (Å²) in [5.41, 5.74) is 0.422. The van der Waals surface area contributed by atoms with Crippen LogP contribution in [0.3, 0.4) is 0 Å². The number of nitrogens with zero attached hydrogens (tertiary/aromatic N) is 2. The van der Waals surface area contributed by atoms with Crippen LogP contribution in [0.25, 0.3) is 10.9 Å². The number of benzene rings is 1. The first-order chi connectivity index (χ1) is 8.63. The van der Waals surface area contributed by atoms with Crippen molar-refractivity contribution in [3.63, 3.8) is 0 Å². The zero-order valence-corrected chi connectivity index (χ0v) is 9.26. The Morgan fingerprint density at radius 2 is 2.33 bits per heavy atom. The van der Waals surface area contributed by atoms with Crippen LogP contribution < -0.4 is 0 Å². The van der Waals surface area contributed by atoms with Crippen LogP contribution in [0.5, 0.6) is 0 Å². The fraction of sp³-hybridized carbons (Fsp3) is 0.0909. The number of non-ortho nitro benzene ring substituents is 1. The number of esters is 1. The number of rotatable bonds is 1. The Hall–Kier alpha value is -2.88. The number of fused-ring (bicyclic) bond motifs is 1. The molecule has 7 heteroatoms. The van der Waals surface area contributed by atoms with E-state index in [9.17, 15) is 14.9 Å². The normalized spacial score (nSPS) is 9.61. The van der Waals surface area contributed by atoms with Gasteiger partial charge in [0.05, 0.1) is 12.0 Å². The number of nitro benzene ring substituents is 1. The Balaban J connectivity index is 2.55. The lowest BCUT2D eigenvalue weighted by Gasteiger charge is -1.91. The van der Waals surface area contributed by atoms with Crippen LogP contribution in [0.1, 0.15) is 5.69 Å². The number of para-hydroxylation sites is 1. The van der Waals surface area contributed by atoms with E-state index in [2.05, 4.69) is 26.8 Å². The molecule has 0 bridgehead atoms. The van der Waals surface area contributed by atoms with E-state index in [0.717, 1.165) is 0 Å². The summed E-state index contributed by atoms with van der Waals surface area (Å²) in [6, 6.07) is 4.51. The van der Waals surface area contributed by atoms with E-state index < -0.39 is 10.9 Å². The summed E-state index contributed by atoms with van der Waals surface area (Å²) < 4.78 is 4.37. The van der Waals surface area contributed by atoms with Gasteiger partial charge in [-0.3, -0.25) is 15.2 Å². The summed E-state index contributed by atoms with van der Waals surface area (Å²) in [5, 5.41) is 17.6. The van der Waals surface area contributed by atoms with E-state index in [4.69, 9.17) is 0 Å². The highest BCUT2D eigenvalue weighted by Crippen LogP contribution is 2.24. The largest absolute Gasteiger partial charge is 0.459 e. The highest BCUT2D eigenvalue weighted by atomic mass is 16.6. The molecule has 0 unspecified atom stereocenters. The molecule has 0 atom stereocenters. The first-order valence-corrected chi connectivity index (χ1v) is 4.85. The standard InChI is InChI=1S/C11H7N3O4/c1-18-10(15)6-5-8-7-3-2-4-9(14(16)17)11(7)13-12-8/h2-4H,1H3,(H,12,13). The highest BCUT2D eigenvalue weighted by molar-refractivity contribution is 5.93. The predicted molar refractivity (Wildman–Crippen MR) is 61.6 cm³/mol. The van der Waals surface area contributed by atoms with Crippen molar-refractivity contribution in [3.8, 4) is 11.8 Å². The fourth-order valence-corrected chi connectivity index (χ4v) is 1.43. The van der Waals surface area contributed by atoms with Crippen LogP contribution in [0, 0.1) is 22.0 Å². The summed E-state index contributed by atoms with van der Waals surface area (Å²) >= 11 is 0. The first-order valence-electron chi connectivity index (χ1n) is 4.85. The van der Waals surface area contributed by atoms with Gasteiger partial charge in [-0.2, -0.15) is 5.10 Å². The molecule has 0 aliphatic rings. The van der Waals surface area contributed by atoms with Crippen molar-refractivity contribution in [1.29, 1.82) is 0 Å². The molecule has 7 nitrogen and oxygen atoms in total. The predicted octanol–water partition coefficient (Wildman–Crippen LogP) is 0.996. The lowest BCUT2D eigenvalue weighted by molar-refractivity contribution is -0.383. The highest BCUT2D eigenvalue weighted by Gasteiger charge is 2.15. The smallest absolute Gasteiger partial charge is 0.384 e. The van der Waals surface area contributed by atoms with Crippen molar-refractivity contribution >= 4 is 22.6 Å². The molecule has 2 aromatic rings. The molecular formula is C11H7N3O4. The molecule has 0 saturated carbocycles. The third kappa shape index (κ3) is 1.99. The summed E-state index contributed by atoms with van der Waals surface area (Å²) in [4.78, 5) is 21.1. The van der Waals surface area contributed by atoms with Crippen molar-refractivity contribution < 1.29 is 14.5 Å². The molecule has 0 radical (unpaired) electrons. The summed E-state index contributed by atoms with van der Waals surface area (Å²) in [6.07, 6.45) is 0. The molecule has 0 spiro atoms. The molecular weight excluding hydrogens is 238 g/mol. The second kappa shape index (κ2) is 4.55. The lowest BCUT2D eigenvalue weighted by atomic mass is 10.2. The Morgan fingerprint density at radius 3 is 3.00 bits per heavy atom. The van der Waals surface area contributed by atoms with Gasteiger partial charge in [0.1, 0.15) is 5.69 Å². The quantitative estimate of drug-likeness (QED) is 0.349. The van der Waals surface area contributed by atoms with Crippen LogP contribution >= 0.6 is 0 Å².